The zero-order valence-electron chi connectivity index (χ0n) is 10.4. The van der Waals surface area contributed by atoms with Gasteiger partial charge in [0.2, 0.25) is 5.88 Å². The van der Waals surface area contributed by atoms with Crippen LogP contribution in [0.25, 0.3) is 0 Å². The number of nitrogens with one attached hydrogen (secondary N) is 1. The van der Waals surface area contributed by atoms with E-state index in [0.717, 1.165) is 0 Å². The summed E-state index contributed by atoms with van der Waals surface area (Å²) < 4.78 is 32.1. The highest BCUT2D eigenvalue weighted by molar-refractivity contribution is 7.92. The number of rotatable bonds is 5. The molecule has 0 spiro atoms. The molecule has 0 amide bonds. The Morgan fingerprint density at radius 3 is 2.58 bits per heavy atom. The molecule has 1 aromatic heterocycles. The zero-order chi connectivity index (χ0) is 13.7. The lowest BCUT2D eigenvalue weighted by atomic mass is 10.4. The predicted molar refractivity (Wildman–Crippen MR) is 72.7 cm³/mol. The van der Waals surface area contributed by atoms with Crippen molar-refractivity contribution in [1.82, 2.24) is 4.98 Å². The third-order valence-corrected chi connectivity index (χ3v) is 3.73. The highest BCUT2D eigenvalue weighted by Gasteiger charge is 2.16. The third-order valence-electron chi connectivity index (χ3n) is 2.35. The maximum absolute atomic E-state index is 12.2. The van der Waals surface area contributed by atoms with Crippen molar-refractivity contribution in [2.24, 2.45) is 0 Å². The van der Waals surface area contributed by atoms with Gasteiger partial charge in [0, 0.05) is 6.20 Å². The summed E-state index contributed by atoms with van der Waals surface area (Å²) in [6.07, 6.45) is 1.55. The van der Waals surface area contributed by atoms with Gasteiger partial charge in [-0.25, -0.2) is 13.4 Å². The van der Waals surface area contributed by atoms with E-state index in [9.17, 15) is 8.42 Å². The predicted octanol–water partition coefficient (Wildman–Crippen LogP) is 2.28. The maximum Gasteiger partial charge on any atom is 0.262 e. The number of anilines is 1. The van der Waals surface area contributed by atoms with Crippen molar-refractivity contribution in [3.05, 3.63) is 48.7 Å². The smallest absolute Gasteiger partial charge is 0.262 e. The van der Waals surface area contributed by atoms with Gasteiger partial charge in [0.15, 0.2) is 0 Å². The second-order valence-corrected chi connectivity index (χ2v) is 5.39. The second kappa shape index (κ2) is 5.71. The van der Waals surface area contributed by atoms with Crippen LogP contribution in [-0.2, 0) is 10.0 Å². The first-order valence-electron chi connectivity index (χ1n) is 5.79. The Balaban J connectivity index is 2.31. The Kier molecular flexibility index (Phi) is 4.01. The molecule has 100 valence electrons. The van der Waals surface area contributed by atoms with Gasteiger partial charge in [0.05, 0.1) is 11.5 Å². The first-order valence-corrected chi connectivity index (χ1v) is 7.27. The number of benzene rings is 1. The fraction of sp³-hybridized carbons (Fsp3) is 0.154. The summed E-state index contributed by atoms with van der Waals surface area (Å²) >= 11 is 0. The van der Waals surface area contributed by atoms with E-state index < -0.39 is 10.0 Å². The van der Waals surface area contributed by atoms with Gasteiger partial charge >= 0.3 is 0 Å². The van der Waals surface area contributed by atoms with Gasteiger partial charge in [-0.1, -0.05) is 18.2 Å². The highest BCUT2D eigenvalue weighted by atomic mass is 32.2. The summed E-state index contributed by atoms with van der Waals surface area (Å²) in [6.45, 7) is 2.22. The Morgan fingerprint density at radius 2 is 1.89 bits per heavy atom. The lowest BCUT2D eigenvalue weighted by molar-refractivity contribution is 0.329. The van der Waals surface area contributed by atoms with Crippen LogP contribution in [0.2, 0.25) is 0 Å². The molecule has 5 nitrogen and oxygen atoms in total. The van der Waals surface area contributed by atoms with E-state index in [4.69, 9.17) is 4.74 Å². The molecule has 1 N–H and O–H groups in total. The summed E-state index contributed by atoms with van der Waals surface area (Å²) in [5.41, 5.74) is 0.327. The van der Waals surface area contributed by atoms with E-state index in [-0.39, 0.29) is 10.8 Å². The Hall–Kier alpha value is -2.08. The van der Waals surface area contributed by atoms with Crippen molar-refractivity contribution in [2.75, 3.05) is 11.3 Å². The second-order valence-electron chi connectivity index (χ2n) is 3.71. The summed E-state index contributed by atoms with van der Waals surface area (Å²) in [4.78, 5) is 4.19. The molecule has 0 fully saturated rings. The molecule has 2 rings (SSSR count). The van der Waals surface area contributed by atoms with Gasteiger partial charge in [-0.05, 0) is 31.2 Å². The van der Waals surface area contributed by atoms with Crippen LogP contribution in [0.4, 0.5) is 5.69 Å². The van der Waals surface area contributed by atoms with Gasteiger partial charge in [-0.3, -0.25) is 4.72 Å². The van der Waals surface area contributed by atoms with E-state index in [1.165, 1.54) is 12.1 Å². The number of aromatic nitrogens is 1. The van der Waals surface area contributed by atoms with E-state index in [2.05, 4.69) is 9.71 Å². The van der Waals surface area contributed by atoms with Crippen LogP contribution < -0.4 is 9.46 Å². The topological polar surface area (TPSA) is 68.3 Å². The number of hydrogen-bond acceptors (Lipinski definition) is 4. The molecule has 19 heavy (non-hydrogen) atoms. The largest absolute Gasteiger partial charge is 0.476 e. The Labute approximate surface area is 112 Å². The van der Waals surface area contributed by atoms with Crippen LogP contribution >= 0.6 is 0 Å². The van der Waals surface area contributed by atoms with Gasteiger partial charge in [-0.2, -0.15) is 0 Å². The fourth-order valence-electron chi connectivity index (χ4n) is 1.52. The van der Waals surface area contributed by atoms with E-state index in [1.807, 2.05) is 6.92 Å². The quantitative estimate of drug-likeness (QED) is 0.911. The first-order chi connectivity index (χ1) is 9.13. The molecule has 2 aromatic rings. The molecule has 0 bridgehead atoms. The van der Waals surface area contributed by atoms with Crippen molar-refractivity contribution in [3.8, 4) is 5.88 Å². The number of hydrogen-bond donors (Lipinski definition) is 1. The minimum Gasteiger partial charge on any atom is -0.476 e. The van der Waals surface area contributed by atoms with Gasteiger partial charge < -0.3 is 4.74 Å². The number of ether oxygens (including phenoxy) is 1. The minimum atomic E-state index is -3.62. The fourth-order valence-corrected chi connectivity index (χ4v) is 2.60. The zero-order valence-corrected chi connectivity index (χ0v) is 11.2. The summed E-state index contributed by atoms with van der Waals surface area (Å²) in [7, 11) is -3.62. The Morgan fingerprint density at radius 1 is 1.16 bits per heavy atom. The van der Waals surface area contributed by atoms with Crippen LogP contribution in [0.3, 0.4) is 0 Å². The lowest BCUT2D eigenvalue weighted by Crippen LogP contribution is -2.14. The van der Waals surface area contributed by atoms with Crippen molar-refractivity contribution >= 4 is 15.7 Å². The van der Waals surface area contributed by atoms with Crippen LogP contribution in [-0.4, -0.2) is 20.0 Å². The van der Waals surface area contributed by atoms with E-state index in [0.29, 0.717) is 12.3 Å². The molecule has 0 unspecified atom stereocenters. The van der Waals surface area contributed by atoms with Crippen molar-refractivity contribution in [2.45, 2.75) is 11.8 Å². The third kappa shape index (κ3) is 3.23. The Bertz CT molecular complexity index is 642. The van der Waals surface area contributed by atoms with Crippen molar-refractivity contribution < 1.29 is 13.2 Å². The maximum atomic E-state index is 12.2. The summed E-state index contributed by atoms with van der Waals surface area (Å²) in [5, 5.41) is 0. The van der Waals surface area contributed by atoms with Gasteiger partial charge in [0.25, 0.3) is 10.0 Å². The SMILES string of the molecule is CCOc1ncccc1NS(=O)(=O)c1ccccc1. The van der Waals surface area contributed by atoms with Gasteiger partial charge in [0.1, 0.15) is 5.69 Å². The monoisotopic (exact) mass is 278 g/mol. The molecule has 1 heterocycles. The van der Waals surface area contributed by atoms with Crippen LogP contribution in [0.1, 0.15) is 6.92 Å². The molecule has 0 saturated heterocycles. The molecule has 0 atom stereocenters. The van der Waals surface area contributed by atoms with Gasteiger partial charge in [-0.15, -0.1) is 0 Å². The van der Waals surface area contributed by atoms with Crippen LogP contribution in [0.15, 0.2) is 53.6 Å². The molecule has 0 aliphatic carbocycles. The molecule has 1 aromatic carbocycles. The molecule has 0 aliphatic heterocycles. The molecule has 0 aliphatic rings. The lowest BCUT2D eigenvalue weighted by Gasteiger charge is -2.11. The molecule has 6 heteroatoms. The number of sulfonamides is 1. The van der Waals surface area contributed by atoms with E-state index >= 15 is 0 Å². The van der Waals surface area contributed by atoms with Crippen LogP contribution in [0, 0.1) is 0 Å². The van der Waals surface area contributed by atoms with Crippen LogP contribution in [0.5, 0.6) is 5.88 Å². The summed E-state index contributed by atoms with van der Waals surface area (Å²) in [5.74, 6) is 0.268. The molecular formula is C13H14N2O3S. The van der Waals surface area contributed by atoms with Crippen molar-refractivity contribution in [1.29, 1.82) is 0 Å². The average Bonchev–Trinajstić information content (AvgIpc) is 2.42. The first kappa shape index (κ1) is 13.4. The molecule has 0 saturated carbocycles. The molecular weight excluding hydrogens is 264 g/mol. The van der Waals surface area contributed by atoms with Crippen molar-refractivity contribution in [3.63, 3.8) is 0 Å². The number of pyridine rings is 1. The average molecular weight is 278 g/mol. The highest BCUT2D eigenvalue weighted by Crippen LogP contribution is 2.23. The standard InChI is InChI=1S/C13H14N2O3S/c1-2-18-13-12(9-6-10-14-13)15-19(16,17)11-7-4-3-5-8-11/h3-10,15H,2H2,1H3. The number of nitrogens with zero attached hydrogens (tertiary/aromatic N) is 1. The van der Waals surface area contributed by atoms with E-state index in [1.54, 1.807) is 36.5 Å². The summed E-state index contributed by atoms with van der Waals surface area (Å²) in [6, 6.07) is 11.4. The normalized spacial score (nSPS) is 11.0. The minimum absolute atomic E-state index is 0.196. The molecule has 0 radical (unpaired) electrons.